The van der Waals surface area contributed by atoms with Crippen LogP contribution in [0.2, 0.25) is 0 Å². The average Bonchev–Trinajstić information content (AvgIpc) is 2.17. The first-order valence-electron chi connectivity index (χ1n) is 4.53. The number of nitrogens with two attached hydrogens (primary N) is 1. The van der Waals surface area contributed by atoms with E-state index in [2.05, 4.69) is 5.32 Å². The van der Waals surface area contributed by atoms with Crippen molar-refractivity contribution in [2.75, 3.05) is 24.2 Å². The molecule has 0 aliphatic heterocycles. The van der Waals surface area contributed by atoms with Crippen LogP contribution in [-0.2, 0) is 0 Å². The average molecular weight is 211 g/mol. The lowest BCUT2D eigenvalue weighted by Crippen LogP contribution is -2.04. The lowest BCUT2D eigenvalue weighted by atomic mass is 10.2. The molecule has 0 aromatic heterocycles. The molecule has 6 heteroatoms. The number of anilines is 2. The third kappa shape index (κ3) is 3.43. The lowest BCUT2D eigenvalue weighted by Gasteiger charge is -2.05. The van der Waals surface area contributed by atoms with E-state index in [1.807, 2.05) is 0 Å². The van der Waals surface area contributed by atoms with Crippen LogP contribution in [0.3, 0.4) is 0 Å². The molecule has 0 saturated carbocycles. The Hall–Kier alpha value is -1.82. The highest BCUT2D eigenvalue weighted by Gasteiger charge is 2.07. The lowest BCUT2D eigenvalue weighted by molar-refractivity contribution is -0.384. The van der Waals surface area contributed by atoms with Crippen molar-refractivity contribution in [3.8, 4) is 0 Å². The Balaban J connectivity index is 2.75. The summed E-state index contributed by atoms with van der Waals surface area (Å²) in [6.45, 7) is 0.633. The molecule has 0 radical (unpaired) electrons. The van der Waals surface area contributed by atoms with E-state index in [1.165, 1.54) is 12.1 Å². The van der Waals surface area contributed by atoms with E-state index in [9.17, 15) is 10.1 Å². The number of aliphatic hydroxyl groups is 1. The first-order valence-corrected chi connectivity index (χ1v) is 4.53. The zero-order valence-electron chi connectivity index (χ0n) is 8.14. The van der Waals surface area contributed by atoms with Gasteiger partial charge >= 0.3 is 0 Å². The zero-order chi connectivity index (χ0) is 11.3. The predicted octanol–water partition coefficient (Wildman–Crippen LogP) is 0.971. The fourth-order valence-electron chi connectivity index (χ4n) is 1.15. The summed E-state index contributed by atoms with van der Waals surface area (Å²) in [7, 11) is 0. The molecule has 0 aliphatic rings. The maximum atomic E-state index is 10.5. The summed E-state index contributed by atoms with van der Waals surface area (Å²) >= 11 is 0. The van der Waals surface area contributed by atoms with Gasteiger partial charge in [0.2, 0.25) is 0 Å². The largest absolute Gasteiger partial charge is 0.398 e. The normalized spacial score (nSPS) is 9.93. The predicted molar refractivity (Wildman–Crippen MR) is 57.7 cm³/mol. The highest BCUT2D eigenvalue weighted by Crippen LogP contribution is 2.22. The van der Waals surface area contributed by atoms with Crippen LogP contribution in [0.1, 0.15) is 6.42 Å². The van der Waals surface area contributed by atoms with Crippen LogP contribution in [-0.4, -0.2) is 23.2 Å². The SMILES string of the molecule is Nc1cc(NCCCO)cc([N+](=O)[O-])c1. The molecule has 82 valence electrons. The molecule has 0 heterocycles. The Labute approximate surface area is 86.9 Å². The molecule has 0 atom stereocenters. The third-order valence-electron chi connectivity index (χ3n) is 1.81. The van der Waals surface area contributed by atoms with Crippen molar-refractivity contribution < 1.29 is 10.0 Å². The van der Waals surface area contributed by atoms with Gasteiger partial charge in [0, 0.05) is 36.7 Å². The molecule has 4 N–H and O–H groups in total. The summed E-state index contributed by atoms with van der Waals surface area (Å²) < 4.78 is 0. The molecule has 15 heavy (non-hydrogen) atoms. The smallest absolute Gasteiger partial charge is 0.273 e. The Morgan fingerprint density at radius 3 is 2.80 bits per heavy atom. The van der Waals surface area contributed by atoms with Crippen LogP contribution in [0.25, 0.3) is 0 Å². The number of nitrogens with one attached hydrogen (secondary N) is 1. The van der Waals surface area contributed by atoms with Crippen molar-refractivity contribution in [1.82, 2.24) is 0 Å². The maximum absolute atomic E-state index is 10.5. The third-order valence-corrected chi connectivity index (χ3v) is 1.81. The van der Waals surface area contributed by atoms with Gasteiger partial charge in [-0.15, -0.1) is 0 Å². The maximum Gasteiger partial charge on any atom is 0.273 e. The number of hydrogen-bond donors (Lipinski definition) is 3. The summed E-state index contributed by atoms with van der Waals surface area (Å²) in [5, 5.41) is 22.0. The van der Waals surface area contributed by atoms with Gasteiger partial charge in [-0.2, -0.15) is 0 Å². The van der Waals surface area contributed by atoms with Crippen LogP contribution in [0.5, 0.6) is 0 Å². The van der Waals surface area contributed by atoms with Gasteiger partial charge in [-0.3, -0.25) is 10.1 Å². The van der Waals surface area contributed by atoms with E-state index in [0.29, 0.717) is 24.3 Å². The quantitative estimate of drug-likeness (QED) is 0.291. The number of benzene rings is 1. The Morgan fingerprint density at radius 2 is 2.20 bits per heavy atom. The molecule has 0 saturated heterocycles. The van der Waals surface area contributed by atoms with E-state index >= 15 is 0 Å². The summed E-state index contributed by atoms with van der Waals surface area (Å²) in [5.41, 5.74) is 6.40. The monoisotopic (exact) mass is 211 g/mol. The minimum absolute atomic E-state index is 0.0403. The zero-order valence-corrected chi connectivity index (χ0v) is 8.14. The molecule has 0 unspecified atom stereocenters. The summed E-state index contributed by atoms with van der Waals surface area (Å²) in [6.07, 6.45) is 0.586. The fraction of sp³-hybridized carbons (Fsp3) is 0.333. The number of nitro benzene ring substituents is 1. The van der Waals surface area contributed by atoms with Crippen molar-refractivity contribution in [1.29, 1.82) is 0 Å². The molecule has 1 rings (SSSR count). The second-order valence-electron chi connectivity index (χ2n) is 3.07. The standard InChI is InChI=1S/C9H13N3O3/c10-7-4-8(11-2-1-3-13)6-9(5-7)12(14)15/h4-6,11,13H,1-3,10H2. The van der Waals surface area contributed by atoms with Gasteiger partial charge in [0.25, 0.3) is 5.69 Å². The molecule has 0 aliphatic carbocycles. The molecule has 1 aromatic carbocycles. The highest BCUT2D eigenvalue weighted by molar-refractivity contribution is 5.61. The second-order valence-corrected chi connectivity index (χ2v) is 3.07. The van der Waals surface area contributed by atoms with Crippen molar-refractivity contribution >= 4 is 17.1 Å². The van der Waals surface area contributed by atoms with Crippen LogP contribution in [0, 0.1) is 10.1 Å². The molecular weight excluding hydrogens is 198 g/mol. The first-order chi connectivity index (χ1) is 7.13. The molecule has 1 aromatic rings. The van der Waals surface area contributed by atoms with Gasteiger partial charge in [0.1, 0.15) is 0 Å². The van der Waals surface area contributed by atoms with Gasteiger partial charge in [-0.1, -0.05) is 0 Å². The van der Waals surface area contributed by atoms with Gasteiger partial charge in [0.15, 0.2) is 0 Å². The molecule has 0 amide bonds. The summed E-state index contributed by atoms with van der Waals surface area (Å²) in [6, 6.07) is 4.33. The van der Waals surface area contributed by atoms with E-state index in [4.69, 9.17) is 10.8 Å². The number of aliphatic hydroxyl groups excluding tert-OH is 1. The fourth-order valence-corrected chi connectivity index (χ4v) is 1.15. The Kier molecular flexibility index (Phi) is 3.87. The molecule has 6 nitrogen and oxygen atoms in total. The Morgan fingerprint density at radius 1 is 1.47 bits per heavy atom. The molecule has 0 spiro atoms. The molecule has 0 bridgehead atoms. The van der Waals surface area contributed by atoms with E-state index in [0.717, 1.165) is 0 Å². The van der Waals surface area contributed by atoms with Crippen LogP contribution < -0.4 is 11.1 Å². The van der Waals surface area contributed by atoms with Crippen LogP contribution in [0.4, 0.5) is 17.1 Å². The number of rotatable bonds is 5. The highest BCUT2D eigenvalue weighted by atomic mass is 16.6. The van der Waals surface area contributed by atoms with Crippen LogP contribution in [0.15, 0.2) is 18.2 Å². The first kappa shape index (κ1) is 11.3. The van der Waals surface area contributed by atoms with Gasteiger partial charge in [0.05, 0.1) is 4.92 Å². The van der Waals surface area contributed by atoms with Crippen molar-refractivity contribution in [2.24, 2.45) is 0 Å². The number of nitrogens with zero attached hydrogens (tertiary/aromatic N) is 1. The van der Waals surface area contributed by atoms with Gasteiger partial charge in [-0.25, -0.2) is 0 Å². The van der Waals surface area contributed by atoms with Crippen molar-refractivity contribution in [3.05, 3.63) is 28.3 Å². The Bertz CT molecular complexity index is 354. The minimum Gasteiger partial charge on any atom is -0.398 e. The van der Waals surface area contributed by atoms with E-state index < -0.39 is 4.92 Å². The van der Waals surface area contributed by atoms with Crippen LogP contribution >= 0.6 is 0 Å². The molecule has 0 fully saturated rings. The number of non-ortho nitro benzene ring substituents is 1. The van der Waals surface area contributed by atoms with Gasteiger partial charge < -0.3 is 16.2 Å². The van der Waals surface area contributed by atoms with Gasteiger partial charge in [-0.05, 0) is 12.5 Å². The van der Waals surface area contributed by atoms with E-state index in [-0.39, 0.29) is 12.3 Å². The number of nitro groups is 1. The minimum atomic E-state index is -0.492. The topological polar surface area (TPSA) is 101 Å². The molecular formula is C9H13N3O3. The summed E-state index contributed by atoms with van der Waals surface area (Å²) in [5.74, 6) is 0. The number of hydrogen-bond acceptors (Lipinski definition) is 5. The van der Waals surface area contributed by atoms with Crippen molar-refractivity contribution in [3.63, 3.8) is 0 Å². The second kappa shape index (κ2) is 5.16. The van der Waals surface area contributed by atoms with E-state index in [1.54, 1.807) is 6.07 Å². The summed E-state index contributed by atoms with van der Waals surface area (Å²) in [4.78, 5) is 10.0. The van der Waals surface area contributed by atoms with Crippen molar-refractivity contribution in [2.45, 2.75) is 6.42 Å². The number of nitrogen functional groups attached to an aromatic ring is 1.